The second kappa shape index (κ2) is 13.6. The van der Waals surface area contributed by atoms with Gasteiger partial charge in [0.2, 0.25) is 0 Å². The van der Waals surface area contributed by atoms with Crippen LogP contribution in [0.5, 0.6) is 5.75 Å². The first-order chi connectivity index (χ1) is 13.1. The number of guanidine groups is 1. The number of nitrogens with zero attached hydrogens (tertiary/aromatic N) is 2. The molecule has 0 radical (unpaired) electrons. The largest absolute Gasteiger partial charge is 0.508 e. The second-order valence-corrected chi connectivity index (χ2v) is 6.82. The molecule has 0 aromatic heterocycles. The Balaban J connectivity index is 0.00000392. The average Bonchev–Trinajstić information content (AvgIpc) is 2.67. The Morgan fingerprint density at radius 1 is 1.18 bits per heavy atom. The van der Waals surface area contributed by atoms with Crippen LogP contribution >= 0.6 is 24.0 Å². The van der Waals surface area contributed by atoms with Crippen LogP contribution in [0.15, 0.2) is 29.3 Å². The van der Waals surface area contributed by atoms with Crippen molar-refractivity contribution < 1.29 is 9.90 Å². The fourth-order valence-electron chi connectivity index (χ4n) is 3.18. The third-order valence-electron chi connectivity index (χ3n) is 4.61. The van der Waals surface area contributed by atoms with Crippen LogP contribution in [0, 0.1) is 0 Å². The van der Waals surface area contributed by atoms with E-state index in [-0.39, 0.29) is 35.6 Å². The molecule has 1 fully saturated rings. The molecule has 0 atom stereocenters. The van der Waals surface area contributed by atoms with E-state index in [2.05, 4.69) is 32.8 Å². The molecule has 8 heteroatoms. The SMILES string of the molecule is CCCN1CCC(NC(=NCCNC(=O)c2ccc(O)cc2)NCC)CC1.I. The molecule has 0 saturated carbocycles. The lowest BCUT2D eigenvalue weighted by molar-refractivity contribution is 0.0955. The first kappa shape index (κ1) is 24.5. The highest BCUT2D eigenvalue weighted by Crippen LogP contribution is 2.10. The van der Waals surface area contributed by atoms with Crippen molar-refractivity contribution in [3.63, 3.8) is 0 Å². The molecule has 0 bridgehead atoms. The summed E-state index contributed by atoms with van der Waals surface area (Å²) in [4.78, 5) is 19.1. The lowest BCUT2D eigenvalue weighted by Crippen LogP contribution is -2.49. The number of hydrogen-bond acceptors (Lipinski definition) is 4. The summed E-state index contributed by atoms with van der Waals surface area (Å²) in [5.74, 6) is 0.801. The van der Waals surface area contributed by atoms with Crippen molar-refractivity contribution >= 4 is 35.8 Å². The van der Waals surface area contributed by atoms with Crippen LogP contribution in [0.4, 0.5) is 0 Å². The minimum absolute atomic E-state index is 0. The molecule has 0 spiro atoms. The van der Waals surface area contributed by atoms with Crippen LogP contribution in [0.25, 0.3) is 0 Å². The van der Waals surface area contributed by atoms with Gasteiger partial charge >= 0.3 is 0 Å². The first-order valence-electron chi connectivity index (χ1n) is 9.96. The van der Waals surface area contributed by atoms with Crippen molar-refractivity contribution in [3.05, 3.63) is 29.8 Å². The molecule has 2 rings (SSSR count). The standard InChI is InChI=1S/C20H33N5O2.HI/c1-3-13-25-14-9-17(10-15-25)24-20(21-4-2)23-12-11-22-19(27)16-5-7-18(26)8-6-16;/h5-8,17,26H,3-4,9-15H2,1-2H3,(H,22,27)(H2,21,23,24);1H. The van der Waals surface area contributed by atoms with Crippen molar-refractivity contribution in [2.75, 3.05) is 39.3 Å². The molecule has 0 unspecified atom stereocenters. The second-order valence-electron chi connectivity index (χ2n) is 6.82. The molecule has 1 heterocycles. The normalized spacial score (nSPS) is 15.6. The zero-order valence-electron chi connectivity index (χ0n) is 16.9. The fraction of sp³-hybridized carbons (Fsp3) is 0.600. The van der Waals surface area contributed by atoms with E-state index in [9.17, 15) is 9.90 Å². The maximum absolute atomic E-state index is 12.1. The molecule has 1 aliphatic rings. The van der Waals surface area contributed by atoms with E-state index in [1.165, 1.54) is 25.1 Å². The number of aliphatic imine (C=N–C) groups is 1. The number of phenolic OH excluding ortho intramolecular Hbond substituents is 1. The summed E-state index contributed by atoms with van der Waals surface area (Å²) < 4.78 is 0. The van der Waals surface area contributed by atoms with Crippen molar-refractivity contribution in [1.82, 2.24) is 20.9 Å². The third kappa shape index (κ3) is 8.64. The number of phenols is 1. The summed E-state index contributed by atoms with van der Waals surface area (Å²) in [5, 5.41) is 18.9. The van der Waals surface area contributed by atoms with Gasteiger partial charge < -0.3 is 26.0 Å². The van der Waals surface area contributed by atoms with Gasteiger partial charge in [0.15, 0.2) is 5.96 Å². The number of nitrogens with one attached hydrogen (secondary N) is 3. The van der Waals surface area contributed by atoms with Crippen LogP contribution < -0.4 is 16.0 Å². The average molecular weight is 503 g/mol. The van der Waals surface area contributed by atoms with Crippen molar-refractivity contribution in [1.29, 1.82) is 0 Å². The molecule has 1 amide bonds. The molecule has 1 aliphatic heterocycles. The van der Waals surface area contributed by atoms with Gasteiger partial charge in [0.1, 0.15) is 5.75 Å². The molecule has 1 aromatic rings. The number of aromatic hydroxyl groups is 1. The van der Waals surface area contributed by atoms with Gasteiger partial charge in [-0.3, -0.25) is 9.79 Å². The Bertz CT molecular complexity index is 601. The summed E-state index contributed by atoms with van der Waals surface area (Å²) >= 11 is 0. The number of piperidine rings is 1. The number of hydrogen-bond donors (Lipinski definition) is 4. The van der Waals surface area contributed by atoms with Crippen molar-refractivity contribution in [2.24, 2.45) is 4.99 Å². The smallest absolute Gasteiger partial charge is 0.251 e. The number of rotatable bonds is 8. The molecule has 0 aliphatic carbocycles. The van der Waals surface area contributed by atoms with Crippen LogP contribution in [-0.2, 0) is 0 Å². The Labute approximate surface area is 185 Å². The van der Waals surface area contributed by atoms with E-state index in [4.69, 9.17) is 0 Å². The molecular formula is C20H34IN5O2. The van der Waals surface area contributed by atoms with E-state index in [1.54, 1.807) is 12.1 Å². The monoisotopic (exact) mass is 503 g/mol. The van der Waals surface area contributed by atoms with Crippen molar-refractivity contribution in [3.8, 4) is 5.75 Å². The maximum atomic E-state index is 12.1. The third-order valence-corrected chi connectivity index (χ3v) is 4.61. The fourth-order valence-corrected chi connectivity index (χ4v) is 3.18. The number of carbonyl (C=O) groups is 1. The van der Waals surface area contributed by atoms with Gasteiger partial charge in [-0.05, 0) is 57.0 Å². The Morgan fingerprint density at radius 3 is 2.46 bits per heavy atom. The van der Waals surface area contributed by atoms with Gasteiger partial charge in [-0.15, -0.1) is 24.0 Å². The minimum Gasteiger partial charge on any atom is -0.508 e. The van der Waals surface area contributed by atoms with Gasteiger partial charge in [-0.25, -0.2) is 0 Å². The van der Waals surface area contributed by atoms with Gasteiger partial charge in [0.05, 0.1) is 6.54 Å². The summed E-state index contributed by atoms with van der Waals surface area (Å²) in [7, 11) is 0. The number of benzene rings is 1. The van der Waals surface area contributed by atoms with E-state index in [1.807, 2.05) is 6.92 Å². The van der Waals surface area contributed by atoms with Gasteiger partial charge in [-0.1, -0.05) is 6.92 Å². The van der Waals surface area contributed by atoms with Gasteiger partial charge in [0, 0.05) is 37.8 Å². The van der Waals surface area contributed by atoms with E-state index >= 15 is 0 Å². The Hall–Kier alpha value is -1.55. The number of carbonyl (C=O) groups excluding carboxylic acids is 1. The summed E-state index contributed by atoms with van der Waals surface area (Å²) in [6.45, 7) is 9.50. The molecule has 4 N–H and O–H groups in total. The number of halogens is 1. The van der Waals surface area contributed by atoms with Crippen LogP contribution in [0.2, 0.25) is 0 Å². The summed E-state index contributed by atoms with van der Waals surface area (Å²) in [5.41, 5.74) is 0.528. The van der Waals surface area contributed by atoms with Crippen LogP contribution in [0.3, 0.4) is 0 Å². The predicted octanol–water partition coefficient (Wildman–Crippen LogP) is 2.17. The Morgan fingerprint density at radius 2 is 1.86 bits per heavy atom. The lowest BCUT2D eigenvalue weighted by Gasteiger charge is -2.32. The summed E-state index contributed by atoms with van der Waals surface area (Å²) in [6, 6.07) is 6.66. The molecule has 28 heavy (non-hydrogen) atoms. The van der Waals surface area contributed by atoms with E-state index in [0.717, 1.165) is 38.4 Å². The first-order valence-corrected chi connectivity index (χ1v) is 9.96. The quantitative estimate of drug-likeness (QED) is 0.189. The Kier molecular flexibility index (Phi) is 11.9. The van der Waals surface area contributed by atoms with E-state index in [0.29, 0.717) is 24.7 Å². The molecule has 7 nitrogen and oxygen atoms in total. The lowest BCUT2D eigenvalue weighted by atomic mass is 10.1. The highest BCUT2D eigenvalue weighted by molar-refractivity contribution is 14.0. The number of amides is 1. The van der Waals surface area contributed by atoms with Gasteiger partial charge in [0.25, 0.3) is 5.91 Å². The predicted molar refractivity (Wildman–Crippen MR) is 125 cm³/mol. The minimum atomic E-state index is -0.161. The highest BCUT2D eigenvalue weighted by Gasteiger charge is 2.19. The topological polar surface area (TPSA) is 89.0 Å². The van der Waals surface area contributed by atoms with Crippen molar-refractivity contribution in [2.45, 2.75) is 39.2 Å². The zero-order valence-corrected chi connectivity index (χ0v) is 19.2. The molecule has 1 saturated heterocycles. The van der Waals surface area contributed by atoms with E-state index < -0.39 is 0 Å². The molecular weight excluding hydrogens is 469 g/mol. The maximum Gasteiger partial charge on any atom is 0.251 e. The molecule has 158 valence electrons. The van der Waals surface area contributed by atoms with Gasteiger partial charge in [-0.2, -0.15) is 0 Å². The molecule has 1 aromatic carbocycles. The van der Waals surface area contributed by atoms with Crippen LogP contribution in [0.1, 0.15) is 43.5 Å². The summed E-state index contributed by atoms with van der Waals surface area (Å²) in [6.07, 6.45) is 3.46. The van der Waals surface area contributed by atoms with Crippen LogP contribution in [-0.4, -0.2) is 67.2 Å². The highest BCUT2D eigenvalue weighted by atomic mass is 127. The number of likely N-dealkylation sites (tertiary alicyclic amines) is 1. The zero-order chi connectivity index (χ0) is 19.5.